The Morgan fingerprint density at radius 3 is 3.04 bits per heavy atom. The van der Waals surface area contributed by atoms with Gasteiger partial charge < -0.3 is 19.5 Å². The number of nitrogens with one attached hydrogen (secondary N) is 2. The topological polar surface area (TPSA) is 64.1 Å². The number of benzene rings is 1. The third-order valence-electron chi connectivity index (χ3n) is 3.00. The number of halogens is 1. The van der Waals surface area contributed by atoms with Gasteiger partial charge >= 0.3 is 0 Å². The molecule has 0 aromatic heterocycles. The van der Waals surface area contributed by atoms with Crippen molar-refractivity contribution in [1.29, 1.82) is 0 Å². The Bertz CT molecular complexity index is 583. The number of nitrogens with zero attached hydrogens (tertiary/aromatic N) is 1. The fraction of sp³-hybridized carbons (Fsp3) is 0.467. The van der Waals surface area contributed by atoms with Crippen LogP contribution in [0.1, 0.15) is 18.9 Å². The number of thiocarbonyl (C=S) groups is 1. The summed E-state index contributed by atoms with van der Waals surface area (Å²) in [4.78, 5) is 0. The number of fused-ring (bicyclic) bond motifs is 1. The van der Waals surface area contributed by atoms with Crippen molar-refractivity contribution in [3.05, 3.63) is 22.7 Å². The predicted octanol–water partition coefficient (Wildman–Crippen LogP) is 2.33. The molecule has 0 aliphatic carbocycles. The van der Waals surface area contributed by atoms with Crippen LogP contribution >= 0.6 is 23.8 Å². The summed E-state index contributed by atoms with van der Waals surface area (Å²) in [6.45, 7) is 3.73. The smallest absolute Gasteiger partial charge is 0.187 e. The molecule has 0 fully saturated rings. The summed E-state index contributed by atoms with van der Waals surface area (Å²) in [5.41, 5.74) is 3.54. The van der Waals surface area contributed by atoms with Gasteiger partial charge in [-0.15, -0.1) is 0 Å². The highest BCUT2D eigenvalue weighted by molar-refractivity contribution is 7.80. The van der Waals surface area contributed by atoms with Crippen LogP contribution in [0.5, 0.6) is 11.5 Å². The monoisotopic (exact) mass is 357 g/mol. The molecule has 1 aliphatic rings. The number of ether oxygens (including phenoxy) is 3. The van der Waals surface area contributed by atoms with Crippen molar-refractivity contribution in [1.82, 2.24) is 10.7 Å². The fourth-order valence-corrected chi connectivity index (χ4v) is 2.57. The van der Waals surface area contributed by atoms with Crippen molar-refractivity contribution >= 4 is 35.1 Å². The molecule has 1 aromatic rings. The van der Waals surface area contributed by atoms with Gasteiger partial charge in [-0.25, -0.2) is 0 Å². The summed E-state index contributed by atoms with van der Waals surface area (Å²) in [5.74, 6) is 1.21. The molecule has 126 valence electrons. The minimum atomic E-state index is 0.0997. The first-order valence-electron chi connectivity index (χ1n) is 7.28. The van der Waals surface area contributed by atoms with E-state index < -0.39 is 0 Å². The zero-order valence-electron chi connectivity index (χ0n) is 13.1. The molecule has 6 nitrogen and oxygen atoms in total. The minimum absolute atomic E-state index is 0.0997. The zero-order chi connectivity index (χ0) is 16.7. The lowest BCUT2D eigenvalue weighted by Crippen LogP contribution is -2.40. The highest BCUT2D eigenvalue weighted by atomic mass is 35.5. The van der Waals surface area contributed by atoms with Gasteiger partial charge in [0.1, 0.15) is 0 Å². The molecule has 1 heterocycles. The van der Waals surface area contributed by atoms with E-state index in [1.54, 1.807) is 19.4 Å². The minimum Gasteiger partial charge on any atom is -0.489 e. The molecule has 2 rings (SSSR count). The second-order valence-electron chi connectivity index (χ2n) is 5.08. The van der Waals surface area contributed by atoms with Crippen molar-refractivity contribution in [2.75, 3.05) is 26.9 Å². The molecule has 23 heavy (non-hydrogen) atoms. The lowest BCUT2D eigenvalue weighted by molar-refractivity contribution is 0.179. The van der Waals surface area contributed by atoms with Crippen LogP contribution in [-0.2, 0) is 4.74 Å². The van der Waals surface area contributed by atoms with E-state index in [0.29, 0.717) is 41.5 Å². The predicted molar refractivity (Wildman–Crippen MR) is 94.9 cm³/mol. The lowest BCUT2D eigenvalue weighted by atomic mass is 10.2. The molecule has 1 aromatic carbocycles. The van der Waals surface area contributed by atoms with E-state index in [2.05, 4.69) is 15.8 Å². The summed E-state index contributed by atoms with van der Waals surface area (Å²) in [6.07, 6.45) is 2.45. The van der Waals surface area contributed by atoms with Gasteiger partial charge in [-0.05, 0) is 36.8 Å². The van der Waals surface area contributed by atoms with E-state index in [9.17, 15) is 0 Å². The number of methoxy groups -OCH3 is 1. The summed E-state index contributed by atoms with van der Waals surface area (Å²) >= 11 is 11.4. The number of hydrogen-bond acceptors (Lipinski definition) is 5. The molecule has 8 heteroatoms. The van der Waals surface area contributed by atoms with E-state index in [-0.39, 0.29) is 6.04 Å². The molecule has 0 amide bonds. The van der Waals surface area contributed by atoms with Gasteiger partial charge in [0, 0.05) is 19.6 Å². The van der Waals surface area contributed by atoms with Crippen LogP contribution in [0.15, 0.2) is 17.2 Å². The van der Waals surface area contributed by atoms with Gasteiger partial charge in [0.05, 0.1) is 31.1 Å². The number of hydrogen-bond donors (Lipinski definition) is 2. The van der Waals surface area contributed by atoms with Crippen LogP contribution in [0.4, 0.5) is 0 Å². The van der Waals surface area contributed by atoms with Crippen LogP contribution in [-0.4, -0.2) is 44.3 Å². The third-order valence-corrected chi connectivity index (χ3v) is 3.49. The van der Waals surface area contributed by atoms with Gasteiger partial charge in [-0.3, -0.25) is 5.43 Å². The van der Waals surface area contributed by atoms with Crippen LogP contribution < -0.4 is 20.2 Å². The molecule has 0 spiro atoms. The molecule has 0 radical (unpaired) electrons. The van der Waals surface area contributed by atoms with E-state index in [1.165, 1.54) is 0 Å². The zero-order valence-corrected chi connectivity index (χ0v) is 14.7. The van der Waals surface area contributed by atoms with Crippen LogP contribution in [0.2, 0.25) is 5.02 Å². The first-order chi connectivity index (χ1) is 11.1. The Morgan fingerprint density at radius 1 is 1.48 bits per heavy atom. The van der Waals surface area contributed by atoms with Crippen molar-refractivity contribution < 1.29 is 14.2 Å². The number of hydrazone groups is 1. The first-order valence-corrected chi connectivity index (χ1v) is 8.06. The number of rotatable bonds is 5. The van der Waals surface area contributed by atoms with Gasteiger partial charge in [0.25, 0.3) is 0 Å². The maximum absolute atomic E-state index is 6.23. The average Bonchev–Trinajstić information content (AvgIpc) is 2.73. The molecule has 2 N–H and O–H groups in total. The van der Waals surface area contributed by atoms with E-state index in [1.807, 2.05) is 13.0 Å². The third kappa shape index (κ3) is 5.53. The van der Waals surface area contributed by atoms with E-state index in [4.69, 9.17) is 38.0 Å². The average molecular weight is 358 g/mol. The Kier molecular flexibility index (Phi) is 6.88. The van der Waals surface area contributed by atoms with Crippen LogP contribution in [0, 0.1) is 0 Å². The maximum Gasteiger partial charge on any atom is 0.187 e. The van der Waals surface area contributed by atoms with E-state index in [0.717, 1.165) is 12.0 Å². The molecule has 0 saturated carbocycles. The van der Waals surface area contributed by atoms with Crippen LogP contribution in [0.25, 0.3) is 0 Å². The SMILES string of the molecule is COC[C@H](C)NC(=S)N/N=C\c1cc(Cl)c2c(c1)OCCCO2. The molecule has 0 bridgehead atoms. The Labute approximate surface area is 146 Å². The molecule has 0 saturated heterocycles. The Hall–Kier alpha value is -1.57. The van der Waals surface area contributed by atoms with Crippen molar-refractivity contribution in [2.45, 2.75) is 19.4 Å². The molecule has 0 unspecified atom stereocenters. The highest BCUT2D eigenvalue weighted by Gasteiger charge is 2.15. The molecular weight excluding hydrogens is 338 g/mol. The molecule has 1 atom stereocenters. The van der Waals surface area contributed by atoms with Crippen molar-refractivity contribution in [3.63, 3.8) is 0 Å². The van der Waals surface area contributed by atoms with Gasteiger partial charge in [0.2, 0.25) is 0 Å². The summed E-state index contributed by atoms with van der Waals surface area (Å²) in [6, 6.07) is 3.70. The Morgan fingerprint density at radius 2 is 2.26 bits per heavy atom. The quantitative estimate of drug-likeness (QED) is 0.479. The lowest BCUT2D eigenvalue weighted by Gasteiger charge is -2.14. The summed E-state index contributed by atoms with van der Waals surface area (Å²) < 4.78 is 16.2. The van der Waals surface area contributed by atoms with Gasteiger partial charge in [0.15, 0.2) is 16.6 Å². The molecule has 1 aliphatic heterocycles. The first kappa shape index (κ1) is 17.8. The van der Waals surface area contributed by atoms with Gasteiger partial charge in [-0.2, -0.15) is 5.10 Å². The van der Waals surface area contributed by atoms with Crippen molar-refractivity contribution in [2.24, 2.45) is 5.10 Å². The fourth-order valence-electron chi connectivity index (χ4n) is 2.04. The highest BCUT2D eigenvalue weighted by Crippen LogP contribution is 2.37. The van der Waals surface area contributed by atoms with E-state index >= 15 is 0 Å². The normalized spacial score (nSPS) is 15.1. The maximum atomic E-state index is 6.23. The standard InChI is InChI=1S/C15H20ClN3O3S/c1-10(9-20-2)18-15(23)19-17-8-11-6-12(16)14-13(7-11)21-4-3-5-22-14/h6-8,10H,3-5,9H2,1-2H3,(H2,18,19,23)/b17-8-/t10-/m0/s1. The Balaban J connectivity index is 1.96. The van der Waals surface area contributed by atoms with Gasteiger partial charge in [-0.1, -0.05) is 11.6 Å². The van der Waals surface area contributed by atoms with Crippen molar-refractivity contribution in [3.8, 4) is 11.5 Å². The van der Waals surface area contributed by atoms with Crippen LogP contribution in [0.3, 0.4) is 0 Å². The molecular formula is C15H20ClN3O3S. The second kappa shape index (κ2) is 8.90. The summed E-state index contributed by atoms with van der Waals surface area (Å²) in [7, 11) is 1.64. The second-order valence-corrected chi connectivity index (χ2v) is 5.90. The summed E-state index contributed by atoms with van der Waals surface area (Å²) in [5, 5.41) is 8.06. The largest absolute Gasteiger partial charge is 0.489 e.